The Morgan fingerprint density at radius 3 is 1.77 bits per heavy atom. The molecule has 13 heavy (non-hydrogen) atoms. The van der Waals surface area contributed by atoms with Gasteiger partial charge >= 0.3 is 9.28 Å². The van der Waals surface area contributed by atoms with Crippen LogP contribution in [0.15, 0.2) is 0 Å². The lowest BCUT2D eigenvalue weighted by Crippen LogP contribution is -2.51. The maximum absolute atomic E-state index is 5.68. The van der Waals surface area contributed by atoms with Crippen LogP contribution in [0.25, 0.3) is 0 Å². The van der Waals surface area contributed by atoms with Crippen molar-refractivity contribution in [1.29, 1.82) is 0 Å². The van der Waals surface area contributed by atoms with Crippen molar-refractivity contribution in [3.05, 3.63) is 0 Å². The second-order valence-corrected chi connectivity index (χ2v) is 6.41. The number of nitrogens with two attached hydrogens (primary N) is 2. The van der Waals surface area contributed by atoms with Gasteiger partial charge in [-0.1, -0.05) is 13.8 Å². The standard InChI is InChI=1S/C8H22N2O2Si/c1-5-11-13(12-6-2)8(3,4)7(9)10/h7,13H,5-6,9-10H2,1-4H3. The lowest BCUT2D eigenvalue weighted by atomic mass is 10.1. The number of hydrogen-bond acceptors (Lipinski definition) is 4. The molecule has 0 aliphatic carbocycles. The van der Waals surface area contributed by atoms with Gasteiger partial charge in [0.1, 0.15) is 0 Å². The number of hydrogen-bond donors (Lipinski definition) is 2. The normalized spacial score (nSPS) is 12.9. The molecule has 0 atom stereocenters. The minimum atomic E-state index is -1.75. The van der Waals surface area contributed by atoms with Gasteiger partial charge in [0, 0.05) is 18.3 Å². The van der Waals surface area contributed by atoms with E-state index in [0.717, 1.165) is 0 Å². The minimum Gasteiger partial charge on any atom is -0.396 e. The Bertz CT molecular complexity index is 136. The zero-order valence-corrected chi connectivity index (χ0v) is 10.2. The third-order valence-electron chi connectivity index (χ3n) is 2.10. The molecule has 0 aromatic rings. The molecule has 0 spiro atoms. The predicted octanol–water partition coefficient (Wildman–Crippen LogP) is 0.304. The molecule has 0 aliphatic rings. The fraction of sp³-hybridized carbons (Fsp3) is 1.00. The molecular weight excluding hydrogens is 184 g/mol. The highest BCUT2D eigenvalue weighted by molar-refractivity contribution is 6.48. The van der Waals surface area contributed by atoms with E-state index in [2.05, 4.69) is 0 Å². The molecule has 80 valence electrons. The Hall–Kier alpha value is 0.0569. The molecule has 0 aliphatic heterocycles. The first-order valence-corrected chi connectivity index (χ1v) is 6.23. The van der Waals surface area contributed by atoms with Crippen molar-refractivity contribution in [2.24, 2.45) is 11.5 Å². The van der Waals surface area contributed by atoms with Crippen LogP contribution in [0.2, 0.25) is 5.04 Å². The smallest absolute Gasteiger partial charge is 0.330 e. The highest BCUT2D eigenvalue weighted by Crippen LogP contribution is 2.30. The molecule has 5 heteroatoms. The quantitative estimate of drug-likeness (QED) is 0.484. The van der Waals surface area contributed by atoms with E-state index in [4.69, 9.17) is 20.3 Å². The summed E-state index contributed by atoms with van der Waals surface area (Å²) in [5.41, 5.74) is 11.4. The minimum absolute atomic E-state index is 0.230. The molecule has 0 radical (unpaired) electrons. The second kappa shape index (κ2) is 5.72. The van der Waals surface area contributed by atoms with Gasteiger partial charge in [-0.3, -0.25) is 0 Å². The fourth-order valence-electron chi connectivity index (χ4n) is 0.938. The van der Waals surface area contributed by atoms with Crippen LogP contribution in [0.3, 0.4) is 0 Å². The summed E-state index contributed by atoms with van der Waals surface area (Å²) in [6.45, 7) is 9.23. The van der Waals surface area contributed by atoms with E-state index in [-0.39, 0.29) is 11.2 Å². The van der Waals surface area contributed by atoms with Crippen molar-refractivity contribution < 1.29 is 8.85 Å². The Morgan fingerprint density at radius 2 is 1.54 bits per heavy atom. The predicted molar refractivity (Wildman–Crippen MR) is 56.6 cm³/mol. The molecule has 0 heterocycles. The summed E-state index contributed by atoms with van der Waals surface area (Å²) in [6.07, 6.45) is -0.387. The third kappa shape index (κ3) is 3.74. The SMILES string of the molecule is CCO[SiH](OCC)C(C)(C)C(N)N. The van der Waals surface area contributed by atoms with Crippen molar-refractivity contribution in [3.63, 3.8) is 0 Å². The largest absolute Gasteiger partial charge is 0.396 e. The Kier molecular flexibility index (Phi) is 5.74. The van der Waals surface area contributed by atoms with Gasteiger partial charge < -0.3 is 20.3 Å². The zero-order chi connectivity index (χ0) is 10.5. The maximum atomic E-state index is 5.68. The van der Waals surface area contributed by atoms with Gasteiger partial charge in [-0.25, -0.2) is 0 Å². The summed E-state index contributed by atoms with van der Waals surface area (Å²) in [4.78, 5) is 0. The summed E-state index contributed by atoms with van der Waals surface area (Å²) in [5, 5.41) is -0.230. The first kappa shape index (κ1) is 13.1. The van der Waals surface area contributed by atoms with E-state index >= 15 is 0 Å². The summed E-state index contributed by atoms with van der Waals surface area (Å²) in [6, 6.07) is 0. The monoisotopic (exact) mass is 206 g/mol. The van der Waals surface area contributed by atoms with Gasteiger partial charge in [0.2, 0.25) is 0 Å². The molecule has 0 saturated heterocycles. The summed E-state index contributed by atoms with van der Waals surface area (Å²) in [5.74, 6) is 0. The first-order valence-electron chi connectivity index (χ1n) is 4.71. The second-order valence-electron chi connectivity index (χ2n) is 3.59. The zero-order valence-electron chi connectivity index (χ0n) is 9.04. The highest BCUT2D eigenvalue weighted by atomic mass is 28.3. The van der Waals surface area contributed by atoms with E-state index in [0.29, 0.717) is 13.2 Å². The molecule has 0 bridgehead atoms. The van der Waals surface area contributed by atoms with E-state index in [1.807, 2.05) is 27.7 Å². The van der Waals surface area contributed by atoms with Crippen LogP contribution in [0.4, 0.5) is 0 Å². The lowest BCUT2D eigenvalue weighted by molar-refractivity contribution is 0.183. The highest BCUT2D eigenvalue weighted by Gasteiger charge is 2.37. The van der Waals surface area contributed by atoms with Crippen LogP contribution in [0.5, 0.6) is 0 Å². The third-order valence-corrected chi connectivity index (χ3v) is 4.97. The summed E-state index contributed by atoms with van der Waals surface area (Å²) in [7, 11) is -1.75. The van der Waals surface area contributed by atoms with Crippen LogP contribution >= 0.6 is 0 Å². The fourth-order valence-corrected chi connectivity index (χ4v) is 2.81. The Morgan fingerprint density at radius 1 is 1.15 bits per heavy atom. The molecule has 0 unspecified atom stereocenters. The molecule has 0 aromatic heterocycles. The topological polar surface area (TPSA) is 70.5 Å². The van der Waals surface area contributed by atoms with Crippen LogP contribution in [-0.2, 0) is 8.85 Å². The van der Waals surface area contributed by atoms with Crippen molar-refractivity contribution in [1.82, 2.24) is 0 Å². The average molecular weight is 206 g/mol. The molecule has 0 fully saturated rings. The number of rotatable bonds is 6. The molecule has 4 nitrogen and oxygen atoms in total. The van der Waals surface area contributed by atoms with Gasteiger partial charge in [-0.2, -0.15) is 0 Å². The van der Waals surface area contributed by atoms with Crippen LogP contribution < -0.4 is 11.5 Å². The van der Waals surface area contributed by atoms with E-state index in [9.17, 15) is 0 Å². The van der Waals surface area contributed by atoms with Crippen molar-refractivity contribution in [2.75, 3.05) is 13.2 Å². The van der Waals surface area contributed by atoms with Gasteiger partial charge in [0.15, 0.2) is 0 Å². The van der Waals surface area contributed by atoms with Crippen LogP contribution in [-0.4, -0.2) is 28.7 Å². The van der Waals surface area contributed by atoms with E-state index < -0.39 is 9.28 Å². The van der Waals surface area contributed by atoms with Gasteiger partial charge in [0.05, 0.1) is 6.17 Å². The molecule has 0 saturated carbocycles. The van der Waals surface area contributed by atoms with Crippen molar-refractivity contribution >= 4 is 9.28 Å². The first-order chi connectivity index (χ1) is 5.96. The Labute approximate surface area is 82.4 Å². The molecule has 0 amide bonds. The molecule has 4 N–H and O–H groups in total. The summed E-state index contributed by atoms with van der Waals surface area (Å²) >= 11 is 0. The van der Waals surface area contributed by atoms with Gasteiger partial charge in [-0.05, 0) is 13.8 Å². The maximum Gasteiger partial charge on any atom is 0.330 e. The summed E-state index contributed by atoms with van der Waals surface area (Å²) < 4.78 is 11.1. The van der Waals surface area contributed by atoms with Crippen molar-refractivity contribution in [3.8, 4) is 0 Å². The van der Waals surface area contributed by atoms with Crippen LogP contribution in [0.1, 0.15) is 27.7 Å². The lowest BCUT2D eigenvalue weighted by Gasteiger charge is -2.34. The van der Waals surface area contributed by atoms with E-state index in [1.54, 1.807) is 0 Å². The molecular formula is C8H22N2O2Si. The Balaban J connectivity index is 4.31. The van der Waals surface area contributed by atoms with Gasteiger partial charge in [-0.15, -0.1) is 0 Å². The molecule has 0 aromatic carbocycles. The van der Waals surface area contributed by atoms with Crippen LogP contribution in [0, 0.1) is 0 Å². The average Bonchev–Trinajstić information content (AvgIpc) is 2.03. The van der Waals surface area contributed by atoms with Gasteiger partial charge in [0.25, 0.3) is 0 Å². The van der Waals surface area contributed by atoms with Crippen molar-refractivity contribution in [2.45, 2.75) is 38.9 Å². The van der Waals surface area contributed by atoms with E-state index in [1.165, 1.54) is 0 Å². The molecule has 0 rings (SSSR count).